The molecule has 6 nitrogen and oxygen atoms in total. The van der Waals surface area contributed by atoms with Crippen LogP contribution < -0.4 is 0 Å². The van der Waals surface area contributed by atoms with E-state index in [1.54, 1.807) is 62.1 Å². The number of amides is 3. The van der Waals surface area contributed by atoms with Crippen molar-refractivity contribution in [2.75, 3.05) is 13.1 Å². The first-order valence-corrected chi connectivity index (χ1v) is 11.2. The monoisotopic (exact) mass is 474 g/mol. The second-order valence-corrected chi connectivity index (χ2v) is 9.89. The SMILES string of the molecule is CC(C)(C)OC(=O)N1CC[C@H](c2ccc(Cl)c(Cl)c2)[C@@H]1CN1C(=O)c2ccccc2C1=O. The van der Waals surface area contributed by atoms with Crippen LogP contribution >= 0.6 is 23.2 Å². The Hall–Kier alpha value is -2.57. The predicted octanol–water partition coefficient (Wildman–Crippen LogP) is 5.38. The molecule has 4 rings (SSSR count). The van der Waals surface area contributed by atoms with Crippen LogP contribution in [0.1, 0.15) is 59.4 Å². The molecule has 2 heterocycles. The molecule has 2 aromatic rings. The molecule has 2 atom stereocenters. The van der Waals surface area contributed by atoms with Crippen molar-refractivity contribution < 1.29 is 19.1 Å². The minimum absolute atomic E-state index is 0.0660. The zero-order chi connectivity index (χ0) is 23.2. The molecule has 8 heteroatoms. The lowest BCUT2D eigenvalue weighted by Crippen LogP contribution is -2.48. The average molecular weight is 475 g/mol. The van der Waals surface area contributed by atoms with Crippen molar-refractivity contribution in [3.8, 4) is 0 Å². The van der Waals surface area contributed by atoms with Gasteiger partial charge in [0.05, 0.1) is 33.8 Å². The van der Waals surface area contributed by atoms with Crippen LogP contribution in [0.5, 0.6) is 0 Å². The fourth-order valence-electron chi connectivity index (χ4n) is 4.35. The highest BCUT2D eigenvalue weighted by molar-refractivity contribution is 6.42. The minimum Gasteiger partial charge on any atom is -0.444 e. The van der Waals surface area contributed by atoms with Gasteiger partial charge in [-0.25, -0.2) is 4.79 Å². The lowest BCUT2D eigenvalue weighted by atomic mass is 9.91. The van der Waals surface area contributed by atoms with Crippen molar-refractivity contribution in [3.63, 3.8) is 0 Å². The number of hydrogen-bond acceptors (Lipinski definition) is 4. The van der Waals surface area contributed by atoms with Crippen molar-refractivity contribution in [1.29, 1.82) is 0 Å². The van der Waals surface area contributed by atoms with Gasteiger partial charge in [0.15, 0.2) is 0 Å². The summed E-state index contributed by atoms with van der Waals surface area (Å²) >= 11 is 12.3. The Balaban J connectivity index is 1.67. The Labute approximate surface area is 197 Å². The Bertz CT molecular complexity index is 1060. The van der Waals surface area contributed by atoms with Gasteiger partial charge in [0, 0.05) is 12.5 Å². The number of imide groups is 1. The lowest BCUT2D eigenvalue weighted by Gasteiger charge is -2.32. The van der Waals surface area contributed by atoms with Crippen LogP contribution in [0.15, 0.2) is 42.5 Å². The number of hydrogen-bond donors (Lipinski definition) is 0. The maximum absolute atomic E-state index is 13.0. The summed E-state index contributed by atoms with van der Waals surface area (Å²) in [5, 5.41) is 0.855. The van der Waals surface area contributed by atoms with Crippen LogP contribution in [0.3, 0.4) is 0 Å². The standard InChI is InChI=1S/C24H24Cl2N2O4/c1-24(2,3)32-23(31)27-11-10-15(14-8-9-18(25)19(26)12-14)20(27)13-28-21(29)16-6-4-5-7-17(16)22(28)30/h4-9,12,15,20H,10-11,13H2,1-3H3/t15-,20+/m1/s1. The maximum Gasteiger partial charge on any atom is 0.410 e. The van der Waals surface area contributed by atoms with Gasteiger partial charge in [0.2, 0.25) is 0 Å². The summed E-state index contributed by atoms with van der Waals surface area (Å²) in [4.78, 5) is 41.8. The number of benzene rings is 2. The quantitative estimate of drug-likeness (QED) is 0.559. The van der Waals surface area contributed by atoms with Crippen molar-refractivity contribution in [2.45, 2.75) is 44.8 Å². The summed E-state index contributed by atoms with van der Waals surface area (Å²) in [7, 11) is 0. The van der Waals surface area contributed by atoms with Gasteiger partial charge >= 0.3 is 6.09 Å². The highest BCUT2D eigenvalue weighted by atomic mass is 35.5. The maximum atomic E-state index is 13.0. The minimum atomic E-state index is -0.668. The van der Waals surface area contributed by atoms with Gasteiger partial charge in [-0.2, -0.15) is 0 Å². The van der Waals surface area contributed by atoms with Gasteiger partial charge in [-0.1, -0.05) is 41.4 Å². The Morgan fingerprint density at radius 2 is 1.66 bits per heavy atom. The Kier molecular flexibility index (Phi) is 5.94. The first kappa shape index (κ1) is 22.6. The van der Waals surface area contributed by atoms with Crippen molar-refractivity contribution in [3.05, 3.63) is 69.2 Å². The molecule has 1 fully saturated rings. The molecule has 0 N–H and O–H groups in total. The molecule has 0 saturated carbocycles. The third-order valence-electron chi connectivity index (χ3n) is 5.79. The van der Waals surface area contributed by atoms with E-state index in [0.717, 1.165) is 5.56 Å². The molecule has 2 aromatic carbocycles. The van der Waals surface area contributed by atoms with Gasteiger partial charge in [0.1, 0.15) is 5.60 Å². The largest absolute Gasteiger partial charge is 0.444 e. The van der Waals surface area contributed by atoms with E-state index in [1.165, 1.54) is 4.90 Å². The van der Waals surface area contributed by atoms with E-state index in [-0.39, 0.29) is 24.3 Å². The number of nitrogens with zero attached hydrogens (tertiary/aromatic N) is 2. The van der Waals surface area contributed by atoms with Gasteiger partial charge in [-0.15, -0.1) is 0 Å². The van der Waals surface area contributed by atoms with E-state index in [1.807, 2.05) is 6.07 Å². The molecule has 2 aliphatic rings. The van der Waals surface area contributed by atoms with Crippen LogP contribution in [-0.4, -0.2) is 52.4 Å². The Morgan fingerprint density at radius 3 is 2.22 bits per heavy atom. The summed E-state index contributed by atoms with van der Waals surface area (Å²) < 4.78 is 5.61. The number of rotatable bonds is 3. The molecule has 0 aliphatic carbocycles. The van der Waals surface area contributed by atoms with Crippen LogP contribution in [0.25, 0.3) is 0 Å². The molecule has 3 amide bonds. The zero-order valence-electron chi connectivity index (χ0n) is 18.1. The van der Waals surface area contributed by atoms with E-state index in [9.17, 15) is 14.4 Å². The van der Waals surface area contributed by atoms with E-state index in [2.05, 4.69) is 0 Å². The number of carbonyl (C=O) groups excluding carboxylic acids is 3. The molecular formula is C24H24Cl2N2O4. The Morgan fingerprint density at radius 1 is 1.03 bits per heavy atom. The number of likely N-dealkylation sites (tertiary alicyclic amines) is 1. The fourth-order valence-corrected chi connectivity index (χ4v) is 4.66. The van der Waals surface area contributed by atoms with Crippen LogP contribution in [0.4, 0.5) is 4.79 Å². The van der Waals surface area contributed by atoms with Crippen molar-refractivity contribution >= 4 is 41.1 Å². The molecule has 2 aliphatic heterocycles. The highest BCUT2D eigenvalue weighted by Crippen LogP contribution is 2.38. The molecule has 0 bridgehead atoms. The number of halogens is 2. The van der Waals surface area contributed by atoms with Gasteiger partial charge in [-0.05, 0) is 57.0 Å². The first-order valence-electron chi connectivity index (χ1n) is 10.5. The third kappa shape index (κ3) is 4.21. The smallest absolute Gasteiger partial charge is 0.410 e. The van der Waals surface area contributed by atoms with Gasteiger partial charge in [0.25, 0.3) is 11.8 Å². The van der Waals surface area contributed by atoms with Crippen molar-refractivity contribution in [1.82, 2.24) is 9.80 Å². The summed E-state index contributed by atoms with van der Waals surface area (Å²) in [6.45, 7) is 5.91. The van der Waals surface area contributed by atoms with E-state index in [4.69, 9.17) is 27.9 Å². The summed E-state index contributed by atoms with van der Waals surface area (Å²) in [5.41, 5.74) is 0.988. The number of fused-ring (bicyclic) bond motifs is 1. The topological polar surface area (TPSA) is 66.9 Å². The summed E-state index contributed by atoms with van der Waals surface area (Å²) in [6.07, 6.45) is 0.173. The second-order valence-electron chi connectivity index (χ2n) is 9.08. The van der Waals surface area contributed by atoms with Crippen molar-refractivity contribution in [2.24, 2.45) is 0 Å². The summed E-state index contributed by atoms with van der Waals surface area (Å²) in [6, 6.07) is 11.7. The molecular weight excluding hydrogens is 451 g/mol. The number of carbonyl (C=O) groups is 3. The van der Waals surface area contributed by atoms with Crippen LogP contribution in [0.2, 0.25) is 10.0 Å². The third-order valence-corrected chi connectivity index (χ3v) is 6.53. The average Bonchev–Trinajstić information content (AvgIpc) is 3.25. The normalized spacial score (nSPS) is 20.7. The second kappa shape index (κ2) is 8.41. The number of ether oxygens (including phenoxy) is 1. The molecule has 0 spiro atoms. The van der Waals surface area contributed by atoms with Gasteiger partial charge in [-0.3, -0.25) is 14.5 Å². The lowest BCUT2D eigenvalue weighted by molar-refractivity contribution is 0.0183. The molecule has 0 unspecified atom stereocenters. The fraction of sp³-hybridized carbons (Fsp3) is 0.375. The van der Waals surface area contributed by atoms with Gasteiger partial charge < -0.3 is 9.64 Å². The van der Waals surface area contributed by atoms with E-state index >= 15 is 0 Å². The molecule has 0 radical (unpaired) electrons. The zero-order valence-corrected chi connectivity index (χ0v) is 19.6. The van der Waals surface area contributed by atoms with E-state index in [0.29, 0.717) is 34.1 Å². The van der Waals surface area contributed by atoms with Crippen LogP contribution in [0, 0.1) is 0 Å². The molecule has 1 saturated heterocycles. The first-order chi connectivity index (χ1) is 15.1. The molecule has 32 heavy (non-hydrogen) atoms. The highest BCUT2D eigenvalue weighted by Gasteiger charge is 2.44. The predicted molar refractivity (Wildman–Crippen MR) is 122 cm³/mol. The van der Waals surface area contributed by atoms with Crippen LogP contribution in [-0.2, 0) is 4.74 Å². The van der Waals surface area contributed by atoms with E-state index < -0.39 is 17.7 Å². The molecule has 0 aromatic heterocycles. The molecule has 168 valence electrons. The summed E-state index contributed by atoms with van der Waals surface area (Å²) in [5.74, 6) is -0.842.